The molecular formula is C23H31N3O5S. The number of hydrogen-bond donors (Lipinski definition) is 1. The maximum absolute atomic E-state index is 13.4. The number of ether oxygens (including phenoxy) is 1. The van der Waals surface area contributed by atoms with Crippen LogP contribution in [0, 0.1) is 6.92 Å². The molecule has 0 spiro atoms. The molecule has 1 N–H and O–H groups in total. The largest absolute Gasteiger partial charge is 0.495 e. The highest BCUT2D eigenvalue weighted by Crippen LogP contribution is 2.31. The van der Waals surface area contributed by atoms with Gasteiger partial charge < -0.3 is 15.0 Å². The van der Waals surface area contributed by atoms with Gasteiger partial charge >= 0.3 is 0 Å². The lowest BCUT2D eigenvalue weighted by Crippen LogP contribution is -2.51. The first-order chi connectivity index (χ1) is 15.1. The van der Waals surface area contributed by atoms with Crippen LogP contribution in [0.4, 0.5) is 5.69 Å². The van der Waals surface area contributed by atoms with Gasteiger partial charge in [0.05, 0.1) is 19.1 Å². The molecule has 9 heteroatoms. The van der Waals surface area contributed by atoms with Crippen molar-refractivity contribution in [2.75, 3.05) is 30.8 Å². The Balaban J connectivity index is 2.44. The third-order valence-corrected chi connectivity index (χ3v) is 6.12. The van der Waals surface area contributed by atoms with Crippen LogP contribution >= 0.6 is 0 Å². The summed E-state index contributed by atoms with van der Waals surface area (Å²) in [6.45, 7) is 5.37. The van der Waals surface area contributed by atoms with E-state index >= 15 is 0 Å². The molecule has 0 fully saturated rings. The predicted octanol–water partition coefficient (Wildman–Crippen LogP) is 2.32. The lowest BCUT2D eigenvalue weighted by atomic mass is 10.1. The average Bonchev–Trinajstić information content (AvgIpc) is 2.75. The summed E-state index contributed by atoms with van der Waals surface area (Å²) in [6, 6.07) is 13.6. The molecule has 0 aliphatic heterocycles. The molecule has 2 rings (SSSR count). The van der Waals surface area contributed by atoms with Crippen molar-refractivity contribution in [3.05, 3.63) is 59.7 Å². The second kappa shape index (κ2) is 11.0. The van der Waals surface area contributed by atoms with E-state index in [1.165, 1.54) is 12.0 Å². The van der Waals surface area contributed by atoms with Crippen molar-refractivity contribution < 1.29 is 22.7 Å². The van der Waals surface area contributed by atoms with E-state index in [0.717, 1.165) is 21.7 Å². The van der Waals surface area contributed by atoms with Gasteiger partial charge in [-0.15, -0.1) is 0 Å². The van der Waals surface area contributed by atoms with E-state index < -0.39 is 28.5 Å². The van der Waals surface area contributed by atoms with Crippen molar-refractivity contribution >= 4 is 27.5 Å². The van der Waals surface area contributed by atoms with Gasteiger partial charge in [0.2, 0.25) is 21.8 Å². The Kier molecular flexibility index (Phi) is 8.65. The Bertz CT molecular complexity index is 1040. The quantitative estimate of drug-likeness (QED) is 0.586. The van der Waals surface area contributed by atoms with Crippen LogP contribution in [0.25, 0.3) is 0 Å². The van der Waals surface area contributed by atoms with E-state index in [0.29, 0.717) is 12.3 Å². The molecule has 2 aromatic rings. The normalized spacial score (nSPS) is 12.0. The molecule has 2 amide bonds. The van der Waals surface area contributed by atoms with Gasteiger partial charge in [-0.1, -0.05) is 36.4 Å². The van der Waals surface area contributed by atoms with Crippen LogP contribution in [-0.4, -0.2) is 57.6 Å². The number of sulfonamides is 1. The van der Waals surface area contributed by atoms with Gasteiger partial charge in [0.25, 0.3) is 0 Å². The smallest absolute Gasteiger partial charge is 0.244 e. The SMILES string of the molecule is CCNC(=O)C(C)N(Cc1ccccc1)C(=O)CN(c1cc(C)ccc1OC)S(C)(=O)=O. The Morgan fingerprint density at radius 1 is 1.12 bits per heavy atom. The van der Waals surface area contributed by atoms with Crippen LogP contribution in [0.5, 0.6) is 5.75 Å². The molecule has 32 heavy (non-hydrogen) atoms. The minimum absolute atomic E-state index is 0.167. The number of hydrogen-bond acceptors (Lipinski definition) is 5. The minimum atomic E-state index is -3.82. The lowest BCUT2D eigenvalue weighted by molar-refractivity contribution is -0.139. The number of likely N-dealkylation sites (N-methyl/N-ethyl adjacent to an activating group) is 1. The van der Waals surface area contributed by atoms with Crippen molar-refractivity contribution in [1.82, 2.24) is 10.2 Å². The topological polar surface area (TPSA) is 96.0 Å². The predicted molar refractivity (Wildman–Crippen MR) is 125 cm³/mol. The Morgan fingerprint density at radius 3 is 2.34 bits per heavy atom. The average molecular weight is 462 g/mol. The van der Waals surface area contributed by atoms with Gasteiger partial charge in [0.1, 0.15) is 18.3 Å². The molecule has 0 bridgehead atoms. The fourth-order valence-electron chi connectivity index (χ4n) is 3.27. The highest BCUT2D eigenvalue weighted by molar-refractivity contribution is 7.92. The lowest BCUT2D eigenvalue weighted by Gasteiger charge is -2.31. The number of carbonyl (C=O) groups is 2. The van der Waals surface area contributed by atoms with Crippen LogP contribution in [0.1, 0.15) is 25.0 Å². The van der Waals surface area contributed by atoms with Crippen LogP contribution in [0.2, 0.25) is 0 Å². The number of rotatable bonds is 10. The summed E-state index contributed by atoms with van der Waals surface area (Å²) in [6.07, 6.45) is 1.04. The minimum Gasteiger partial charge on any atom is -0.495 e. The van der Waals surface area contributed by atoms with Crippen molar-refractivity contribution in [2.24, 2.45) is 0 Å². The summed E-state index contributed by atoms with van der Waals surface area (Å²) in [4.78, 5) is 27.3. The second-order valence-corrected chi connectivity index (χ2v) is 9.43. The second-order valence-electron chi connectivity index (χ2n) is 7.52. The molecule has 0 saturated heterocycles. The number of aryl methyl sites for hydroxylation is 1. The summed E-state index contributed by atoms with van der Waals surface area (Å²) in [5, 5.41) is 2.72. The molecule has 174 valence electrons. The van der Waals surface area contributed by atoms with E-state index in [1.807, 2.05) is 37.3 Å². The van der Waals surface area contributed by atoms with E-state index in [1.54, 1.807) is 32.0 Å². The first-order valence-corrected chi connectivity index (χ1v) is 12.2. The molecule has 0 aliphatic carbocycles. The van der Waals surface area contributed by atoms with Crippen molar-refractivity contribution in [3.63, 3.8) is 0 Å². The van der Waals surface area contributed by atoms with Crippen LogP contribution < -0.4 is 14.4 Å². The number of amides is 2. The molecule has 8 nitrogen and oxygen atoms in total. The van der Waals surface area contributed by atoms with Crippen molar-refractivity contribution in [1.29, 1.82) is 0 Å². The Labute approximate surface area is 190 Å². The first kappa shape index (κ1) is 25.2. The van der Waals surface area contributed by atoms with Gasteiger partial charge in [-0.25, -0.2) is 8.42 Å². The van der Waals surface area contributed by atoms with Crippen molar-refractivity contribution in [3.8, 4) is 5.75 Å². The Morgan fingerprint density at radius 2 is 1.78 bits per heavy atom. The fourth-order valence-corrected chi connectivity index (χ4v) is 4.12. The zero-order valence-electron chi connectivity index (χ0n) is 19.2. The fraction of sp³-hybridized carbons (Fsp3) is 0.391. The number of nitrogens with zero attached hydrogens (tertiary/aromatic N) is 2. The highest BCUT2D eigenvalue weighted by Gasteiger charge is 2.31. The van der Waals surface area contributed by atoms with Crippen LogP contribution in [-0.2, 0) is 26.2 Å². The zero-order valence-corrected chi connectivity index (χ0v) is 20.0. The van der Waals surface area contributed by atoms with E-state index in [-0.39, 0.29) is 18.1 Å². The number of methoxy groups -OCH3 is 1. The Hall–Kier alpha value is -3.07. The molecule has 0 heterocycles. The molecule has 0 aromatic heterocycles. The molecule has 2 aromatic carbocycles. The molecular weight excluding hydrogens is 430 g/mol. The zero-order chi connectivity index (χ0) is 23.9. The summed E-state index contributed by atoms with van der Waals surface area (Å²) in [5.41, 5.74) is 1.92. The summed E-state index contributed by atoms with van der Waals surface area (Å²) >= 11 is 0. The number of nitrogens with one attached hydrogen (secondary N) is 1. The van der Waals surface area contributed by atoms with E-state index in [9.17, 15) is 18.0 Å². The molecule has 0 saturated carbocycles. The maximum Gasteiger partial charge on any atom is 0.244 e. The van der Waals surface area contributed by atoms with Crippen LogP contribution in [0.3, 0.4) is 0 Å². The third kappa shape index (κ3) is 6.46. The van der Waals surface area contributed by atoms with Gasteiger partial charge in [-0.05, 0) is 44.0 Å². The molecule has 1 atom stereocenters. The van der Waals surface area contributed by atoms with Gasteiger partial charge in [0.15, 0.2) is 0 Å². The molecule has 0 aliphatic rings. The highest BCUT2D eigenvalue weighted by atomic mass is 32.2. The number of benzene rings is 2. The summed E-state index contributed by atoms with van der Waals surface area (Å²) in [5.74, 6) is -0.474. The van der Waals surface area contributed by atoms with Gasteiger partial charge in [-0.2, -0.15) is 0 Å². The summed E-state index contributed by atoms with van der Waals surface area (Å²) < 4.78 is 31.7. The third-order valence-electron chi connectivity index (χ3n) is 5.00. The number of carbonyl (C=O) groups excluding carboxylic acids is 2. The van der Waals surface area contributed by atoms with E-state index in [2.05, 4.69) is 5.32 Å². The standard InChI is InChI=1S/C23H31N3O5S/c1-6-24-23(28)18(3)25(15-19-10-8-7-9-11-19)22(27)16-26(32(5,29)30)20-14-17(2)12-13-21(20)31-4/h7-14,18H,6,15-16H2,1-5H3,(H,24,28). The molecule has 1 unspecified atom stereocenters. The molecule has 0 radical (unpaired) electrons. The maximum atomic E-state index is 13.4. The van der Waals surface area contributed by atoms with Gasteiger partial charge in [0, 0.05) is 13.1 Å². The summed E-state index contributed by atoms with van der Waals surface area (Å²) in [7, 11) is -2.38. The van der Waals surface area contributed by atoms with Crippen LogP contribution in [0.15, 0.2) is 48.5 Å². The van der Waals surface area contributed by atoms with Crippen molar-refractivity contribution in [2.45, 2.75) is 33.4 Å². The van der Waals surface area contributed by atoms with Gasteiger partial charge in [-0.3, -0.25) is 13.9 Å². The van der Waals surface area contributed by atoms with E-state index in [4.69, 9.17) is 4.74 Å². The first-order valence-electron chi connectivity index (χ1n) is 10.3. The monoisotopic (exact) mass is 461 g/mol. The number of anilines is 1.